The summed E-state index contributed by atoms with van der Waals surface area (Å²) >= 11 is 1.57. The third-order valence-corrected chi connectivity index (χ3v) is 3.05. The van der Waals surface area contributed by atoms with Crippen molar-refractivity contribution < 1.29 is 9.90 Å². The number of carboxylic acid groups (broad SMARTS) is 1. The van der Waals surface area contributed by atoms with E-state index < -0.39 is 5.97 Å². The Bertz CT molecular complexity index is 523. The number of hydrogen-bond acceptors (Lipinski definition) is 4. The van der Waals surface area contributed by atoms with Gasteiger partial charge >= 0.3 is 5.97 Å². The molecule has 0 amide bonds. The van der Waals surface area contributed by atoms with Gasteiger partial charge in [-0.3, -0.25) is 0 Å². The maximum atomic E-state index is 11.0. The molecule has 0 atom stereocenters. The molecule has 2 heterocycles. The van der Waals surface area contributed by atoms with Crippen molar-refractivity contribution in [3.8, 4) is 11.4 Å². The van der Waals surface area contributed by atoms with Crippen LogP contribution >= 0.6 is 11.3 Å². The third-order valence-electron chi connectivity index (χ3n) is 2.36. The molecule has 0 aliphatic heterocycles. The Morgan fingerprint density at radius 3 is 2.94 bits per heavy atom. The molecule has 2 rings (SSSR count). The van der Waals surface area contributed by atoms with Crippen LogP contribution in [0.15, 0.2) is 23.0 Å². The molecular formula is C12H12N2O2S. The molecular weight excluding hydrogens is 236 g/mol. The number of rotatable bonds is 4. The van der Waals surface area contributed by atoms with E-state index in [1.54, 1.807) is 11.3 Å². The smallest absolute Gasteiger partial charge is 0.339 e. The number of carboxylic acids is 1. The van der Waals surface area contributed by atoms with Crippen molar-refractivity contribution >= 4 is 17.3 Å². The lowest BCUT2D eigenvalue weighted by Crippen LogP contribution is -2.07. The fourth-order valence-corrected chi connectivity index (χ4v) is 2.19. The topological polar surface area (TPSA) is 63.1 Å². The third kappa shape index (κ3) is 2.50. The van der Waals surface area contributed by atoms with Gasteiger partial charge in [-0.15, -0.1) is 0 Å². The van der Waals surface area contributed by atoms with Crippen molar-refractivity contribution in [1.29, 1.82) is 0 Å². The lowest BCUT2D eigenvalue weighted by atomic mass is 10.1. The molecule has 0 spiro atoms. The maximum absolute atomic E-state index is 11.0. The Balaban J connectivity index is 2.45. The number of hydrogen-bond donors (Lipinski definition) is 1. The first-order valence-electron chi connectivity index (χ1n) is 5.34. The van der Waals surface area contributed by atoms with Crippen LogP contribution < -0.4 is 0 Å². The van der Waals surface area contributed by atoms with Gasteiger partial charge in [0.25, 0.3) is 0 Å². The molecule has 0 radical (unpaired) electrons. The molecule has 0 aliphatic carbocycles. The minimum Gasteiger partial charge on any atom is -0.478 e. The predicted octanol–water partition coefficient (Wildman–Crippen LogP) is 2.86. The molecule has 4 nitrogen and oxygen atoms in total. The summed E-state index contributed by atoms with van der Waals surface area (Å²) in [6, 6.07) is 1.93. The first-order valence-corrected chi connectivity index (χ1v) is 6.28. The van der Waals surface area contributed by atoms with Gasteiger partial charge < -0.3 is 5.11 Å². The van der Waals surface area contributed by atoms with Crippen LogP contribution in [0.4, 0.5) is 0 Å². The summed E-state index contributed by atoms with van der Waals surface area (Å²) in [6.45, 7) is 2.00. The maximum Gasteiger partial charge on any atom is 0.339 e. The largest absolute Gasteiger partial charge is 0.478 e. The standard InChI is InChI=1S/C12H12N2O2S/c1-2-3-10-9(12(15)16)6-13-11(14-10)8-4-5-17-7-8/h4-7H,2-3H2,1H3,(H,15,16). The lowest BCUT2D eigenvalue weighted by molar-refractivity contribution is 0.0694. The van der Waals surface area contributed by atoms with E-state index in [9.17, 15) is 4.79 Å². The Hall–Kier alpha value is -1.75. The van der Waals surface area contributed by atoms with Crippen molar-refractivity contribution in [3.63, 3.8) is 0 Å². The first-order chi connectivity index (χ1) is 8.22. The second kappa shape index (κ2) is 5.05. The van der Waals surface area contributed by atoms with Crippen LogP contribution in [0.5, 0.6) is 0 Å². The van der Waals surface area contributed by atoms with Crippen molar-refractivity contribution in [2.75, 3.05) is 0 Å². The summed E-state index contributed by atoms with van der Waals surface area (Å²) in [6.07, 6.45) is 2.91. The van der Waals surface area contributed by atoms with Gasteiger partial charge in [-0.05, 0) is 17.9 Å². The van der Waals surface area contributed by atoms with Crippen LogP contribution in [0.3, 0.4) is 0 Å². The Morgan fingerprint density at radius 1 is 1.53 bits per heavy atom. The lowest BCUT2D eigenvalue weighted by Gasteiger charge is -2.05. The van der Waals surface area contributed by atoms with E-state index in [-0.39, 0.29) is 5.56 Å². The zero-order chi connectivity index (χ0) is 12.3. The van der Waals surface area contributed by atoms with Crippen LogP contribution in [0.1, 0.15) is 29.4 Å². The quantitative estimate of drug-likeness (QED) is 0.903. The van der Waals surface area contributed by atoms with E-state index in [0.717, 1.165) is 12.0 Å². The van der Waals surface area contributed by atoms with Gasteiger partial charge in [-0.25, -0.2) is 14.8 Å². The minimum absolute atomic E-state index is 0.200. The molecule has 2 aromatic rings. The highest BCUT2D eigenvalue weighted by Crippen LogP contribution is 2.19. The van der Waals surface area contributed by atoms with E-state index in [1.807, 2.05) is 23.8 Å². The fourth-order valence-electron chi connectivity index (χ4n) is 1.55. The molecule has 0 saturated carbocycles. The molecule has 2 aromatic heterocycles. The van der Waals surface area contributed by atoms with Gasteiger partial charge in [0, 0.05) is 17.1 Å². The molecule has 5 heteroatoms. The monoisotopic (exact) mass is 248 g/mol. The average Bonchev–Trinajstić information content (AvgIpc) is 2.82. The van der Waals surface area contributed by atoms with Crippen molar-refractivity contribution in [2.45, 2.75) is 19.8 Å². The van der Waals surface area contributed by atoms with Crippen molar-refractivity contribution in [1.82, 2.24) is 9.97 Å². The van der Waals surface area contributed by atoms with Crippen LogP contribution in [-0.2, 0) is 6.42 Å². The number of aromatic nitrogens is 2. The van der Waals surface area contributed by atoms with E-state index in [0.29, 0.717) is 17.9 Å². The fraction of sp³-hybridized carbons (Fsp3) is 0.250. The highest BCUT2D eigenvalue weighted by Gasteiger charge is 2.13. The molecule has 17 heavy (non-hydrogen) atoms. The molecule has 0 fully saturated rings. The summed E-state index contributed by atoms with van der Waals surface area (Å²) in [5.41, 5.74) is 1.74. The molecule has 1 N–H and O–H groups in total. The molecule has 88 valence electrons. The van der Waals surface area contributed by atoms with Crippen molar-refractivity contribution in [3.05, 3.63) is 34.3 Å². The van der Waals surface area contributed by atoms with Crippen molar-refractivity contribution in [2.24, 2.45) is 0 Å². The van der Waals surface area contributed by atoms with Crippen LogP contribution in [-0.4, -0.2) is 21.0 Å². The van der Waals surface area contributed by atoms with E-state index in [2.05, 4.69) is 9.97 Å². The normalized spacial score (nSPS) is 10.4. The summed E-state index contributed by atoms with van der Waals surface area (Å²) < 4.78 is 0. The molecule has 0 aromatic carbocycles. The number of carbonyl (C=O) groups is 1. The average molecular weight is 248 g/mol. The minimum atomic E-state index is -0.967. The summed E-state index contributed by atoms with van der Waals surface area (Å²) in [4.78, 5) is 19.5. The zero-order valence-corrected chi connectivity index (χ0v) is 10.2. The van der Waals surface area contributed by atoms with Gasteiger partial charge in [0.1, 0.15) is 0 Å². The number of aromatic carboxylic acids is 1. The summed E-state index contributed by atoms with van der Waals surface area (Å²) in [5.74, 6) is -0.370. The Kier molecular flexibility index (Phi) is 3.49. The highest BCUT2D eigenvalue weighted by atomic mass is 32.1. The van der Waals surface area contributed by atoms with Gasteiger partial charge in [0.2, 0.25) is 0 Å². The second-order valence-corrected chi connectivity index (χ2v) is 4.40. The Morgan fingerprint density at radius 2 is 2.35 bits per heavy atom. The molecule has 0 unspecified atom stereocenters. The number of aryl methyl sites for hydroxylation is 1. The van der Waals surface area contributed by atoms with E-state index >= 15 is 0 Å². The van der Waals surface area contributed by atoms with Crippen LogP contribution in [0.2, 0.25) is 0 Å². The molecule has 0 saturated heterocycles. The van der Waals surface area contributed by atoms with E-state index in [1.165, 1.54) is 6.20 Å². The first kappa shape index (κ1) is 11.7. The van der Waals surface area contributed by atoms with Gasteiger partial charge in [0.15, 0.2) is 5.82 Å². The number of nitrogens with zero attached hydrogens (tertiary/aromatic N) is 2. The highest BCUT2D eigenvalue weighted by molar-refractivity contribution is 7.08. The van der Waals surface area contributed by atoms with Gasteiger partial charge in [-0.2, -0.15) is 11.3 Å². The molecule has 0 bridgehead atoms. The van der Waals surface area contributed by atoms with Gasteiger partial charge in [-0.1, -0.05) is 13.3 Å². The Labute approximate surface area is 103 Å². The summed E-state index contributed by atoms with van der Waals surface area (Å²) in [7, 11) is 0. The SMILES string of the molecule is CCCc1nc(-c2ccsc2)ncc1C(=O)O. The van der Waals surface area contributed by atoms with Gasteiger partial charge in [0.05, 0.1) is 11.3 Å². The number of thiophene rings is 1. The predicted molar refractivity (Wildman–Crippen MR) is 66.3 cm³/mol. The zero-order valence-electron chi connectivity index (χ0n) is 9.38. The second-order valence-electron chi connectivity index (χ2n) is 3.62. The van der Waals surface area contributed by atoms with Crippen LogP contribution in [0, 0.1) is 0 Å². The van der Waals surface area contributed by atoms with Crippen LogP contribution in [0.25, 0.3) is 11.4 Å². The molecule has 0 aliphatic rings. The van der Waals surface area contributed by atoms with E-state index in [4.69, 9.17) is 5.11 Å². The summed E-state index contributed by atoms with van der Waals surface area (Å²) in [5, 5.41) is 12.9.